The summed E-state index contributed by atoms with van der Waals surface area (Å²) in [5.41, 5.74) is 16.2. The second-order valence-corrected chi connectivity index (χ2v) is 9.74. The number of imidazole rings is 1. The van der Waals surface area contributed by atoms with E-state index in [1.54, 1.807) is 0 Å². The lowest BCUT2D eigenvalue weighted by molar-refractivity contribution is 1.23. The molecule has 0 N–H and O–H groups in total. The van der Waals surface area contributed by atoms with E-state index < -0.39 is 0 Å². The average molecular weight is 447 g/mol. The number of rotatable bonds is 0. The first-order valence-electron chi connectivity index (χ1n) is 12.0. The van der Waals surface area contributed by atoms with Crippen molar-refractivity contribution in [2.24, 2.45) is 0 Å². The van der Waals surface area contributed by atoms with Gasteiger partial charge in [0.15, 0.2) is 5.65 Å². The Balaban J connectivity index is 1.33. The lowest BCUT2D eigenvalue weighted by Crippen LogP contribution is -1.93. The van der Waals surface area contributed by atoms with Crippen LogP contribution in [-0.4, -0.2) is 19.4 Å². The van der Waals surface area contributed by atoms with Crippen LogP contribution in [-0.2, 0) is 12.8 Å². The minimum atomic E-state index is 0.905. The number of pyridine rings is 3. The van der Waals surface area contributed by atoms with Gasteiger partial charge in [-0.2, -0.15) is 0 Å². The average Bonchev–Trinajstić information content (AvgIpc) is 3.57. The maximum atomic E-state index is 5.13. The number of hydrogen-bond donors (Lipinski definition) is 0. The van der Waals surface area contributed by atoms with E-state index in [1.807, 2.05) is 24.7 Å². The van der Waals surface area contributed by atoms with Gasteiger partial charge < -0.3 is 0 Å². The second-order valence-electron chi connectivity index (χ2n) is 9.74. The van der Waals surface area contributed by atoms with Crippen molar-refractivity contribution in [2.45, 2.75) is 12.8 Å². The standard InChI is InChI=1S/C31H18N4/c1-2-5-21-17(4-1)10-18-13-24-19(12-23(18)21)11-20-14-29-27(15-25(20)24)34-31-30-22(6-3-8-33-30)26-16-32-9-7-28(26)35(29)31/h1-9,12-16H,10-11H2. The molecular weight excluding hydrogens is 428 g/mol. The van der Waals surface area contributed by atoms with Gasteiger partial charge >= 0.3 is 0 Å². The smallest absolute Gasteiger partial charge is 0.165 e. The summed E-state index contributed by atoms with van der Waals surface area (Å²) in [4.78, 5) is 14.3. The first-order chi connectivity index (χ1) is 17.3. The molecule has 0 saturated carbocycles. The fourth-order valence-corrected chi connectivity index (χ4v) is 6.39. The van der Waals surface area contributed by atoms with E-state index >= 15 is 0 Å². The van der Waals surface area contributed by atoms with Crippen LogP contribution >= 0.6 is 0 Å². The minimum Gasteiger partial charge on any atom is -0.290 e. The van der Waals surface area contributed by atoms with Gasteiger partial charge in [-0.25, -0.2) is 4.98 Å². The van der Waals surface area contributed by atoms with Crippen LogP contribution in [0.25, 0.3) is 60.7 Å². The predicted octanol–water partition coefficient (Wildman–Crippen LogP) is 6.73. The van der Waals surface area contributed by atoms with Gasteiger partial charge in [-0.1, -0.05) is 30.3 Å². The van der Waals surface area contributed by atoms with Crippen molar-refractivity contribution in [3.63, 3.8) is 0 Å². The van der Waals surface area contributed by atoms with Crippen molar-refractivity contribution in [3.05, 3.63) is 108 Å². The van der Waals surface area contributed by atoms with Crippen molar-refractivity contribution in [1.82, 2.24) is 19.4 Å². The summed E-state index contributed by atoms with van der Waals surface area (Å²) in [5.74, 6) is 0. The third-order valence-corrected chi connectivity index (χ3v) is 7.92. The molecular formula is C31H18N4. The number of benzene rings is 3. The van der Waals surface area contributed by atoms with Crippen LogP contribution < -0.4 is 0 Å². The molecule has 0 atom stereocenters. The van der Waals surface area contributed by atoms with Crippen LogP contribution in [0, 0.1) is 0 Å². The first-order valence-corrected chi connectivity index (χ1v) is 12.0. The Hall–Kier alpha value is -4.57. The monoisotopic (exact) mass is 446 g/mol. The third kappa shape index (κ3) is 2.20. The van der Waals surface area contributed by atoms with Crippen molar-refractivity contribution in [3.8, 4) is 22.3 Å². The highest BCUT2D eigenvalue weighted by Gasteiger charge is 2.26. The Morgan fingerprint density at radius 1 is 0.629 bits per heavy atom. The van der Waals surface area contributed by atoms with E-state index in [0.717, 1.165) is 51.3 Å². The van der Waals surface area contributed by atoms with Crippen LogP contribution in [0.1, 0.15) is 22.3 Å². The van der Waals surface area contributed by atoms with Crippen molar-refractivity contribution >= 4 is 38.5 Å². The molecule has 0 aliphatic heterocycles. The SMILES string of the molecule is c1ccc2c(c1)Cc1cc3c(cc1-2)Cc1cc2c(cc1-3)nc1c3ncccc3c3cnccc3n21. The van der Waals surface area contributed by atoms with Gasteiger partial charge in [0.1, 0.15) is 5.52 Å². The Morgan fingerprint density at radius 3 is 2.37 bits per heavy atom. The molecule has 0 fully saturated rings. The Labute approximate surface area is 200 Å². The van der Waals surface area contributed by atoms with Crippen molar-refractivity contribution < 1.29 is 0 Å². The molecule has 4 aromatic heterocycles. The maximum Gasteiger partial charge on any atom is 0.165 e. The minimum absolute atomic E-state index is 0.905. The molecule has 35 heavy (non-hydrogen) atoms. The predicted molar refractivity (Wildman–Crippen MR) is 140 cm³/mol. The largest absolute Gasteiger partial charge is 0.290 e. The van der Waals surface area contributed by atoms with E-state index in [-0.39, 0.29) is 0 Å². The van der Waals surface area contributed by atoms with Gasteiger partial charge in [-0.3, -0.25) is 14.4 Å². The fraction of sp³-hybridized carbons (Fsp3) is 0.0645. The van der Waals surface area contributed by atoms with Gasteiger partial charge in [-0.05, 0) is 93.7 Å². The van der Waals surface area contributed by atoms with Crippen LogP contribution in [0.15, 0.2) is 85.3 Å². The molecule has 2 aliphatic rings. The summed E-state index contributed by atoms with van der Waals surface area (Å²) in [5, 5.41) is 2.19. The summed E-state index contributed by atoms with van der Waals surface area (Å²) < 4.78 is 2.27. The van der Waals surface area contributed by atoms with Gasteiger partial charge in [0, 0.05) is 29.4 Å². The van der Waals surface area contributed by atoms with Gasteiger partial charge in [0.2, 0.25) is 0 Å². The van der Waals surface area contributed by atoms with Crippen molar-refractivity contribution in [2.75, 3.05) is 0 Å². The highest BCUT2D eigenvalue weighted by molar-refractivity contribution is 6.12. The molecule has 0 radical (unpaired) electrons. The normalized spacial score (nSPS) is 13.5. The summed E-state index contributed by atoms with van der Waals surface area (Å²) >= 11 is 0. The summed E-state index contributed by atoms with van der Waals surface area (Å²) in [6, 6.07) is 24.5. The zero-order valence-electron chi connectivity index (χ0n) is 18.8. The lowest BCUT2D eigenvalue weighted by Gasteiger charge is -2.08. The summed E-state index contributed by atoms with van der Waals surface area (Å²) in [6.07, 6.45) is 7.61. The summed E-state index contributed by atoms with van der Waals surface area (Å²) in [7, 11) is 0. The molecule has 0 saturated heterocycles. The topological polar surface area (TPSA) is 43.1 Å². The van der Waals surface area contributed by atoms with E-state index in [4.69, 9.17) is 9.97 Å². The Morgan fingerprint density at radius 2 is 1.43 bits per heavy atom. The highest BCUT2D eigenvalue weighted by atomic mass is 15.0. The molecule has 9 rings (SSSR count). The molecule has 3 aromatic carbocycles. The molecule has 0 bridgehead atoms. The highest BCUT2D eigenvalue weighted by Crippen LogP contribution is 2.46. The van der Waals surface area contributed by atoms with Crippen LogP contribution in [0.2, 0.25) is 0 Å². The van der Waals surface area contributed by atoms with Gasteiger partial charge in [-0.15, -0.1) is 0 Å². The third-order valence-electron chi connectivity index (χ3n) is 7.92. The van der Waals surface area contributed by atoms with Crippen LogP contribution in [0.3, 0.4) is 0 Å². The lowest BCUT2D eigenvalue weighted by atomic mass is 9.98. The van der Waals surface area contributed by atoms with Crippen LogP contribution in [0.4, 0.5) is 0 Å². The fourth-order valence-electron chi connectivity index (χ4n) is 6.39. The van der Waals surface area contributed by atoms with Gasteiger partial charge in [0.05, 0.1) is 16.6 Å². The quantitative estimate of drug-likeness (QED) is 0.243. The Bertz CT molecular complexity index is 2070. The number of aromatic nitrogens is 4. The zero-order chi connectivity index (χ0) is 22.7. The number of nitrogens with zero attached hydrogens (tertiary/aromatic N) is 4. The van der Waals surface area contributed by atoms with Crippen LogP contribution in [0.5, 0.6) is 0 Å². The molecule has 7 aromatic rings. The molecule has 0 unspecified atom stereocenters. The Kier molecular flexibility index (Phi) is 3.11. The van der Waals surface area contributed by atoms with E-state index in [0.29, 0.717) is 0 Å². The molecule has 2 aliphatic carbocycles. The molecule has 4 heteroatoms. The number of fused-ring (bicyclic) bond motifs is 14. The molecule has 0 spiro atoms. The molecule has 0 amide bonds. The van der Waals surface area contributed by atoms with E-state index in [2.05, 4.69) is 70.0 Å². The summed E-state index contributed by atoms with van der Waals surface area (Å²) in [6.45, 7) is 0. The first kappa shape index (κ1) is 17.8. The molecule has 4 heterocycles. The second kappa shape index (κ2) is 6.10. The maximum absolute atomic E-state index is 5.13. The zero-order valence-corrected chi connectivity index (χ0v) is 18.8. The van der Waals surface area contributed by atoms with Gasteiger partial charge in [0.25, 0.3) is 0 Å². The molecule has 4 nitrogen and oxygen atoms in total. The van der Waals surface area contributed by atoms with Crippen molar-refractivity contribution in [1.29, 1.82) is 0 Å². The molecule has 162 valence electrons. The van der Waals surface area contributed by atoms with E-state index in [1.165, 1.54) is 44.5 Å². The number of hydrogen-bond acceptors (Lipinski definition) is 3. The van der Waals surface area contributed by atoms with E-state index in [9.17, 15) is 0 Å².